The van der Waals surface area contributed by atoms with Gasteiger partial charge in [-0.05, 0) is 71.7 Å². The van der Waals surface area contributed by atoms with Crippen molar-refractivity contribution >= 4 is 27.7 Å². The highest BCUT2D eigenvalue weighted by Crippen LogP contribution is 2.37. The van der Waals surface area contributed by atoms with E-state index < -0.39 is 0 Å². The zero-order valence-electron chi connectivity index (χ0n) is 25.0. The lowest BCUT2D eigenvalue weighted by atomic mass is 9.87. The van der Waals surface area contributed by atoms with E-state index in [0.717, 1.165) is 28.4 Å². The molecular formula is C36H39N3O. The van der Waals surface area contributed by atoms with Crippen LogP contribution in [-0.2, 0) is 10.2 Å². The quantitative estimate of drug-likeness (QED) is 0.234. The molecule has 1 aliphatic heterocycles. The van der Waals surface area contributed by atoms with Crippen molar-refractivity contribution in [2.75, 3.05) is 6.61 Å². The number of aromatic nitrogens is 2. The van der Waals surface area contributed by atoms with Gasteiger partial charge in [-0.25, -0.2) is 4.99 Å². The molecule has 5 aromatic rings. The van der Waals surface area contributed by atoms with Crippen LogP contribution < -0.4 is 0 Å². The highest BCUT2D eigenvalue weighted by atomic mass is 16.5. The topological polar surface area (TPSA) is 39.4 Å². The lowest BCUT2D eigenvalue weighted by Gasteiger charge is -2.21. The number of ether oxygens (including phenoxy) is 1. The standard InChI is InChI=1S/C36H39N3O/c1-22-17-23(2)31(20-28(22)34-38-33(21-40-34)36(6,7)8)39-30-12-10-9-11-26(30)27-14-13-24(18-32(27)39)29-19-25(15-16-37-29)35(3,4)5/h9-20,33H,21H2,1-8H3/t33-/m0/s1. The number of benzene rings is 3. The van der Waals surface area contributed by atoms with Crippen LogP contribution in [0.5, 0.6) is 0 Å². The Morgan fingerprint density at radius 3 is 2.27 bits per heavy atom. The summed E-state index contributed by atoms with van der Waals surface area (Å²) >= 11 is 0. The van der Waals surface area contributed by atoms with Crippen LogP contribution in [0, 0.1) is 19.3 Å². The smallest absolute Gasteiger partial charge is 0.216 e. The van der Waals surface area contributed by atoms with E-state index in [1.165, 1.54) is 38.5 Å². The van der Waals surface area contributed by atoms with Gasteiger partial charge in [-0.2, -0.15) is 0 Å². The molecule has 0 amide bonds. The van der Waals surface area contributed by atoms with Crippen LogP contribution in [0.4, 0.5) is 0 Å². The summed E-state index contributed by atoms with van der Waals surface area (Å²) in [6, 6.07) is 24.4. The van der Waals surface area contributed by atoms with Gasteiger partial charge in [-0.1, -0.05) is 77.9 Å². The summed E-state index contributed by atoms with van der Waals surface area (Å²) in [6.07, 6.45) is 1.93. The Labute approximate surface area is 237 Å². The minimum atomic E-state index is 0.0587. The molecule has 4 nitrogen and oxygen atoms in total. The van der Waals surface area contributed by atoms with Crippen LogP contribution in [-0.4, -0.2) is 28.1 Å². The summed E-state index contributed by atoms with van der Waals surface area (Å²) in [7, 11) is 0. The van der Waals surface area contributed by atoms with Crippen LogP contribution in [0.3, 0.4) is 0 Å². The van der Waals surface area contributed by atoms with Crippen molar-refractivity contribution in [3.63, 3.8) is 0 Å². The minimum Gasteiger partial charge on any atom is -0.475 e. The summed E-state index contributed by atoms with van der Waals surface area (Å²) in [6.45, 7) is 18.4. The van der Waals surface area contributed by atoms with Crippen molar-refractivity contribution in [2.45, 2.75) is 66.8 Å². The number of rotatable bonds is 3. The fourth-order valence-electron chi connectivity index (χ4n) is 5.72. The maximum atomic E-state index is 6.19. The minimum absolute atomic E-state index is 0.0587. The molecule has 0 spiro atoms. The number of pyridine rings is 1. The van der Waals surface area contributed by atoms with Crippen molar-refractivity contribution in [1.82, 2.24) is 9.55 Å². The first-order valence-electron chi connectivity index (χ1n) is 14.2. The zero-order chi connectivity index (χ0) is 28.4. The van der Waals surface area contributed by atoms with Crippen LogP contribution in [0.1, 0.15) is 63.8 Å². The summed E-state index contributed by atoms with van der Waals surface area (Å²) in [5.41, 5.74) is 10.5. The van der Waals surface area contributed by atoms with Gasteiger partial charge in [0.15, 0.2) is 0 Å². The predicted molar refractivity (Wildman–Crippen MR) is 168 cm³/mol. The highest BCUT2D eigenvalue weighted by Gasteiger charge is 2.31. The molecule has 0 bridgehead atoms. The average molecular weight is 530 g/mol. The third-order valence-corrected chi connectivity index (χ3v) is 8.26. The summed E-state index contributed by atoms with van der Waals surface area (Å²) < 4.78 is 8.59. The summed E-state index contributed by atoms with van der Waals surface area (Å²) in [5, 5.41) is 2.47. The van der Waals surface area contributed by atoms with E-state index in [1.54, 1.807) is 0 Å². The number of hydrogen-bond donors (Lipinski definition) is 0. The zero-order valence-corrected chi connectivity index (χ0v) is 25.0. The van der Waals surface area contributed by atoms with Gasteiger partial charge in [-0.3, -0.25) is 4.98 Å². The first kappa shape index (κ1) is 26.3. The molecule has 3 aromatic carbocycles. The maximum absolute atomic E-state index is 6.19. The Kier molecular flexibility index (Phi) is 6.14. The van der Waals surface area contributed by atoms with Crippen LogP contribution >= 0.6 is 0 Å². The summed E-state index contributed by atoms with van der Waals surface area (Å²) in [5.74, 6) is 0.753. The van der Waals surface area contributed by atoms with Gasteiger partial charge in [0.2, 0.25) is 5.90 Å². The highest BCUT2D eigenvalue weighted by molar-refractivity contribution is 6.10. The van der Waals surface area contributed by atoms with Crippen molar-refractivity contribution in [3.8, 4) is 16.9 Å². The molecule has 2 aromatic heterocycles. The summed E-state index contributed by atoms with van der Waals surface area (Å²) in [4.78, 5) is 9.79. The fourth-order valence-corrected chi connectivity index (χ4v) is 5.72. The van der Waals surface area contributed by atoms with E-state index in [0.29, 0.717) is 6.61 Å². The first-order chi connectivity index (χ1) is 18.9. The second-order valence-electron chi connectivity index (χ2n) is 13.3. The molecular weight excluding hydrogens is 490 g/mol. The molecule has 0 aliphatic carbocycles. The van der Waals surface area contributed by atoms with Crippen molar-refractivity contribution in [2.24, 2.45) is 10.4 Å². The number of aliphatic imine (C=N–C) groups is 1. The molecule has 0 saturated heterocycles. The van der Waals surface area contributed by atoms with Gasteiger partial charge in [-0.15, -0.1) is 0 Å². The monoisotopic (exact) mass is 529 g/mol. The average Bonchev–Trinajstić information content (AvgIpc) is 3.52. The first-order valence-corrected chi connectivity index (χ1v) is 14.2. The van der Waals surface area contributed by atoms with E-state index in [9.17, 15) is 0 Å². The third kappa shape index (κ3) is 4.50. The van der Waals surface area contributed by atoms with Gasteiger partial charge in [0, 0.05) is 33.8 Å². The van der Waals surface area contributed by atoms with Crippen molar-refractivity contribution in [3.05, 3.63) is 95.2 Å². The number of nitrogens with zero attached hydrogens (tertiary/aromatic N) is 3. The van der Waals surface area contributed by atoms with Crippen LogP contribution in [0.25, 0.3) is 38.8 Å². The molecule has 0 radical (unpaired) electrons. The van der Waals surface area contributed by atoms with Crippen LogP contribution in [0.15, 0.2) is 77.9 Å². The second kappa shape index (κ2) is 9.33. The molecule has 0 fully saturated rings. The largest absolute Gasteiger partial charge is 0.475 e. The van der Waals surface area contributed by atoms with E-state index in [1.807, 2.05) is 6.20 Å². The van der Waals surface area contributed by atoms with E-state index in [2.05, 4.69) is 127 Å². The molecule has 0 unspecified atom stereocenters. The van der Waals surface area contributed by atoms with Gasteiger partial charge in [0.25, 0.3) is 0 Å². The fraction of sp³-hybridized carbons (Fsp3) is 0.333. The predicted octanol–water partition coefficient (Wildman–Crippen LogP) is 8.95. The second-order valence-corrected chi connectivity index (χ2v) is 13.3. The number of aryl methyl sites for hydroxylation is 2. The number of hydrogen-bond acceptors (Lipinski definition) is 3. The van der Waals surface area contributed by atoms with Gasteiger partial charge in [0.1, 0.15) is 6.61 Å². The number of fused-ring (bicyclic) bond motifs is 3. The Hall–Kier alpha value is -3.92. The molecule has 40 heavy (non-hydrogen) atoms. The Balaban J connectivity index is 1.57. The Bertz CT molecular complexity index is 1790. The molecule has 204 valence electrons. The van der Waals surface area contributed by atoms with Crippen molar-refractivity contribution in [1.29, 1.82) is 0 Å². The van der Waals surface area contributed by atoms with Crippen LogP contribution in [0.2, 0.25) is 0 Å². The van der Waals surface area contributed by atoms with E-state index >= 15 is 0 Å². The normalized spacial score (nSPS) is 16.0. The molecule has 1 aliphatic rings. The molecule has 0 N–H and O–H groups in total. The van der Waals surface area contributed by atoms with Gasteiger partial charge in [0.05, 0.1) is 22.8 Å². The third-order valence-electron chi connectivity index (χ3n) is 8.26. The van der Waals surface area contributed by atoms with Gasteiger partial charge < -0.3 is 9.30 Å². The van der Waals surface area contributed by atoms with Gasteiger partial charge >= 0.3 is 0 Å². The SMILES string of the molecule is Cc1cc(C)c(-n2c3ccccc3c3ccc(-c4cc(C(C)(C)C)ccn4)cc32)cc1C1=N[C@H](C(C)(C)C)CO1. The number of para-hydroxylation sites is 1. The van der Waals surface area contributed by atoms with Crippen molar-refractivity contribution < 1.29 is 4.74 Å². The lowest BCUT2D eigenvalue weighted by Crippen LogP contribution is -2.25. The van der Waals surface area contributed by atoms with E-state index in [4.69, 9.17) is 14.7 Å². The Morgan fingerprint density at radius 1 is 0.800 bits per heavy atom. The molecule has 4 heteroatoms. The Morgan fingerprint density at radius 2 is 1.55 bits per heavy atom. The lowest BCUT2D eigenvalue weighted by molar-refractivity contribution is 0.236. The molecule has 1 atom stereocenters. The maximum Gasteiger partial charge on any atom is 0.216 e. The molecule has 6 rings (SSSR count). The molecule has 3 heterocycles. The van der Waals surface area contributed by atoms with E-state index in [-0.39, 0.29) is 16.9 Å². The molecule has 0 saturated carbocycles.